The summed E-state index contributed by atoms with van der Waals surface area (Å²) in [6, 6.07) is 4.75. The van der Waals surface area contributed by atoms with Crippen molar-refractivity contribution in [3.8, 4) is 12.3 Å². The smallest absolute Gasteiger partial charge is 0.408 e. The summed E-state index contributed by atoms with van der Waals surface area (Å²) in [4.78, 5) is 53.5. The molecule has 0 fully saturated rings. The predicted molar refractivity (Wildman–Crippen MR) is 146 cm³/mol. The lowest BCUT2D eigenvalue weighted by atomic mass is 9.95. The summed E-state index contributed by atoms with van der Waals surface area (Å²) in [5.41, 5.74) is 0.135. The van der Waals surface area contributed by atoms with Crippen molar-refractivity contribution in [3.63, 3.8) is 0 Å². The van der Waals surface area contributed by atoms with Crippen LogP contribution in [0.4, 0.5) is 4.79 Å². The molecule has 38 heavy (non-hydrogen) atoms. The molecular formula is C29H43N3O6. The molecule has 0 saturated carbocycles. The lowest BCUT2D eigenvalue weighted by molar-refractivity contribution is -0.145. The number of ether oxygens (including phenoxy) is 2. The molecule has 9 nitrogen and oxygen atoms in total. The maximum absolute atomic E-state index is 14.1. The number of rotatable bonds is 13. The Hall–Kier alpha value is -3.54. The molecule has 0 aromatic heterocycles. The first-order valence-corrected chi connectivity index (χ1v) is 13.1. The van der Waals surface area contributed by atoms with Crippen molar-refractivity contribution in [2.24, 2.45) is 5.92 Å². The molecule has 0 aliphatic heterocycles. The number of carbonyl (C=O) groups excluding carboxylic acids is 4. The van der Waals surface area contributed by atoms with Crippen molar-refractivity contribution in [1.82, 2.24) is 15.5 Å². The van der Waals surface area contributed by atoms with Crippen molar-refractivity contribution >= 4 is 23.9 Å². The quantitative estimate of drug-likeness (QED) is 0.227. The number of nitrogens with zero attached hydrogens (tertiary/aromatic N) is 1. The van der Waals surface area contributed by atoms with Gasteiger partial charge in [0.05, 0.1) is 7.11 Å². The van der Waals surface area contributed by atoms with Gasteiger partial charge in [0.1, 0.15) is 24.2 Å². The molecule has 2 unspecified atom stereocenters. The molecule has 9 heteroatoms. The van der Waals surface area contributed by atoms with E-state index in [0.717, 1.165) is 19.3 Å². The predicted octanol–water partition coefficient (Wildman–Crippen LogP) is 3.96. The summed E-state index contributed by atoms with van der Waals surface area (Å²) in [5.74, 6) is 0.614. The minimum Gasteiger partial charge on any atom is -0.468 e. The Morgan fingerprint density at radius 3 is 2.29 bits per heavy atom. The lowest BCUT2D eigenvalue weighted by Crippen LogP contribution is -2.55. The third-order valence-electron chi connectivity index (χ3n) is 5.75. The molecule has 1 rings (SSSR count). The van der Waals surface area contributed by atoms with E-state index in [0.29, 0.717) is 17.5 Å². The number of nitrogens with one attached hydrogen (secondary N) is 2. The van der Waals surface area contributed by atoms with E-state index in [1.165, 1.54) is 12.0 Å². The molecule has 0 bridgehead atoms. The highest BCUT2D eigenvalue weighted by Crippen LogP contribution is 2.27. The van der Waals surface area contributed by atoms with Gasteiger partial charge in [-0.3, -0.25) is 14.4 Å². The molecule has 0 radical (unpaired) electrons. The summed E-state index contributed by atoms with van der Waals surface area (Å²) in [5, 5.41) is 5.26. The molecule has 2 atom stereocenters. The molecule has 0 saturated heterocycles. The van der Waals surface area contributed by atoms with Gasteiger partial charge in [-0.05, 0) is 44.7 Å². The van der Waals surface area contributed by atoms with E-state index in [2.05, 4.69) is 28.2 Å². The van der Waals surface area contributed by atoms with E-state index in [4.69, 9.17) is 11.2 Å². The molecular weight excluding hydrogens is 486 g/mol. The molecule has 2 N–H and O–H groups in total. The van der Waals surface area contributed by atoms with Gasteiger partial charge in [0.2, 0.25) is 11.8 Å². The van der Waals surface area contributed by atoms with Crippen LogP contribution in [-0.4, -0.2) is 60.6 Å². The van der Waals surface area contributed by atoms with Crippen LogP contribution in [0.2, 0.25) is 0 Å². The van der Waals surface area contributed by atoms with Gasteiger partial charge < -0.3 is 25.0 Å². The molecule has 0 spiro atoms. The summed E-state index contributed by atoms with van der Waals surface area (Å²) in [6.45, 7) is 10.8. The van der Waals surface area contributed by atoms with Crippen LogP contribution in [0.25, 0.3) is 0 Å². The van der Waals surface area contributed by atoms with Gasteiger partial charge in [-0.15, -0.1) is 6.42 Å². The second-order valence-corrected chi connectivity index (χ2v) is 10.4. The molecule has 0 aliphatic carbocycles. The average molecular weight is 530 g/mol. The zero-order valence-electron chi connectivity index (χ0n) is 23.8. The maximum atomic E-state index is 14.1. The van der Waals surface area contributed by atoms with Gasteiger partial charge in [-0.25, -0.2) is 4.79 Å². The fourth-order valence-corrected chi connectivity index (χ4v) is 3.85. The van der Waals surface area contributed by atoms with E-state index in [-0.39, 0.29) is 19.0 Å². The number of unbranched alkanes of at least 4 members (excludes halogenated alkanes) is 3. The van der Waals surface area contributed by atoms with E-state index < -0.39 is 41.6 Å². The fourth-order valence-electron chi connectivity index (χ4n) is 3.85. The van der Waals surface area contributed by atoms with Crippen molar-refractivity contribution in [1.29, 1.82) is 0 Å². The van der Waals surface area contributed by atoms with E-state index >= 15 is 0 Å². The zero-order valence-corrected chi connectivity index (χ0v) is 23.8. The molecule has 1 aromatic carbocycles. The van der Waals surface area contributed by atoms with Gasteiger partial charge in [0, 0.05) is 12.1 Å². The fraction of sp³-hybridized carbons (Fsp3) is 0.586. The zero-order chi connectivity index (χ0) is 28.9. The number of hydrogen-bond donors (Lipinski definition) is 2. The highest BCUT2D eigenvalue weighted by molar-refractivity contribution is 5.93. The molecule has 210 valence electrons. The first kappa shape index (κ1) is 32.5. The average Bonchev–Trinajstić information content (AvgIpc) is 2.85. The molecule has 1 aromatic rings. The van der Waals surface area contributed by atoms with Gasteiger partial charge in [0.15, 0.2) is 0 Å². The molecule has 3 amide bonds. The number of carbonyl (C=O) groups is 4. The lowest BCUT2D eigenvalue weighted by Gasteiger charge is -2.36. The number of amides is 3. The van der Waals surface area contributed by atoms with Gasteiger partial charge >= 0.3 is 12.1 Å². The summed E-state index contributed by atoms with van der Waals surface area (Å²) in [7, 11) is 1.22. The van der Waals surface area contributed by atoms with Crippen LogP contribution in [-0.2, 0) is 23.9 Å². The number of alkyl carbamates (subject to hydrolysis) is 1. The minimum atomic E-state index is -1.14. The van der Waals surface area contributed by atoms with Gasteiger partial charge in [0.25, 0.3) is 0 Å². The van der Waals surface area contributed by atoms with Crippen molar-refractivity contribution in [3.05, 3.63) is 35.4 Å². The first-order valence-electron chi connectivity index (χ1n) is 13.1. The third kappa shape index (κ3) is 10.4. The first-order chi connectivity index (χ1) is 17.9. The van der Waals surface area contributed by atoms with Crippen molar-refractivity contribution in [2.45, 2.75) is 84.9 Å². The SMILES string of the molecule is C#Cc1ccccc1C(C(=O)NCC(=O)OC)N(CCCCCC)C(=O)C(NC(=O)OC(C)(C)C)C(C)C. The number of methoxy groups -OCH3 is 1. The maximum Gasteiger partial charge on any atom is 0.408 e. The Morgan fingerprint density at radius 1 is 1.08 bits per heavy atom. The summed E-state index contributed by atoms with van der Waals surface area (Å²) in [6.07, 6.45) is 8.46. The Bertz CT molecular complexity index is 993. The van der Waals surface area contributed by atoms with Crippen LogP contribution in [0, 0.1) is 18.3 Å². The number of terminal acetylenes is 1. The standard InChI is InChI=1S/C29H43N3O6/c1-9-11-12-15-18-32(27(35)24(20(3)4)31-28(36)38-29(5,6)7)25(26(34)30-19-23(33)37-8)22-17-14-13-16-21(22)10-2/h2,13-14,16-17,20,24-25H,9,11-12,15,18-19H2,1,3-8H3,(H,30,34)(H,31,36). The largest absolute Gasteiger partial charge is 0.468 e. The number of benzene rings is 1. The number of hydrogen-bond acceptors (Lipinski definition) is 6. The Labute approximate surface area is 227 Å². The second-order valence-electron chi connectivity index (χ2n) is 10.4. The van der Waals surface area contributed by atoms with E-state index in [1.807, 2.05) is 0 Å². The van der Waals surface area contributed by atoms with Crippen LogP contribution in [0.5, 0.6) is 0 Å². The minimum absolute atomic E-state index is 0.243. The van der Waals surface area contributed by atoms with Crippen molar-refractivity contribution < 1.29 is 28.7 Å². The van der Waals surface area contributed by atoms with Gasteiger partial charge in [-0.1, -0.05) is 64.2 Å². The highest BCUT2D eigenvalue weighted by atomic mass is 16.6. The molecule has 0 heterocycles. The molecule has 0 aliphatic rings. The topological polar surface area (TPSA) is 114 Å². The van der Waals surface area contributed by atoms with Crippen LogP contribution in [0.1, 0.15) is 84.4 Å². The summed E-state index contributed by atoms with van der Waals surface area (Å²) >= 11 is 0. The van der Waals surface area contributed by atoms with Crippen LogP contribution < -0.4 is 10.6 Å². The monoisotopic (exact) mass is 529 g/mol. The Balaban J connectivity index is 3.55. The Morgan fingerprint density at radius 2 is 1.74 bits per heavy atom. The Kier molecular flexibility index (Phi) is 13.4. The van der Waals surface area contributed by atoms with E-state index in [9.17, 15) is 19.2 Å². The van der Waals surface area contributed by atoms with E-state index in [1.54, 1.807) is 58.9 Å². The van der Waals surface area contributed by atoms with Crippen LogP contribution in [0.15, 0.2) is 24.3 Å². The third-order valence-corrected chi connectivity index (χ3v) is 5.75. The second kappa shape index (κ2) is 15.7. The van der Waals surface area contributed by atoms with Crippen LogP contribution in [0.3, 0.4) is 0 Å². The normalized spacial score (nSPS) is 12.6. The highest BCUT2D eigenvalue weighted by Gasteiger charge is 2.38. The van der Waals surface area contributed by atoms with Gasteiger partial charge in [-0.2, -0.15) is 0 Å². The number of esters is 1. The summed E-state index contributed by atoms with van der Waals surface area (Å²) < 4.78 is 10.0. The van der Waals surface area contributed by atoms with Crippen LogP contribution >= 0.6 is 0 Å². The van der Waals surface area contributed by atoms with Crippen molar-refractivity contribution in [2.75, 3.05) is 20.2 Å².